The Balaban J connectivity index is 2.09. The normalized spacial score (nSPS) is 24.8. The highest BCUT2D eigenvalue weighted by atomic mass is 16.5. The lowest BCUT2D eigenvalue weighted by atomic mass is 9.97. The Morgan fingerprint density at radius 1 is 1.38 bits per heavy atom. The van der Waals surface area contributed by atoms with Crippen molar-refractivity contribution < 1.29 is 14.3 Å². The molecule has 0 radical (unpaired) electrons. The van der Waals surface area contributed by atoms with Gasteiger partial charge in [-0.1, -0.05) is 32.0 Å². The van der Waals surface area contributed by atoms with Crippen molar-refractivity contribution in [1.82, 2.24) is 5.32 Å². The number of benzene rings is 1. The Morgan fingerprint density at radius 2 is 2.14 bits per heavy atom. The Kier molecular flexibility index (Phi) is 5.23. The molecule has 0 aliphatic heterocycles. The first-order chi connectivity index (χ1) is 10.1. The van der Waals surface area contributed by atoms with Crippen molar-refractivity contribution in [2.45, 2.75) is 51.2 Å². The van der Waals surface area contributed by atoms with Gasteiger partial charge in [0, 0.05) is 6.42 Å². The van der Waals surface area contributed by atoms with Crippen LogP contribution in [0, 0.1) is 0 Å². The number of carbonyl (C=O) groups is 1. The van der Waals surface area contributed by atoms with Crippen LogP contribution in [0.5, 0.6) is 5.75 Å². The van der Waals surface area contributed by atoms with Crippen LogP contribution in [0.2, 0.25) is 0 Å². The van der Waals surface area contributed by atoms with Crippen molar-refractivity contribution in [2.75, 3.05) is 13.7 Å². The minimum Gasteiger partial charge on any atom is -0.490 e. The van der Waals surface area contributed by atoms with Crippen LogP contribution in [0.3, 0.4) is 0 Å². The second-order valence-corrected chi connectivity index (χ2v) is 5.55. The average Bonchev–Trinajstić information content (AvgIpc) is 2.91. The fourth-order valence-electron chi connectivity index (χ4n) is 3.14. The molecule has 1 N–H and O–H groups in total. The maximum absolute atomic E-state index is 12.1. The standard InChI is InChI=1S/C17H25NO3/c1-4-13-8-6-7-9-15(13)21-14-10-11-17(12-14,18-5-2)16(19)20-3/h6-9,14,18H,4-5,10-12H2,1-3H3. The molecule has 0 aromatic heterocycles. The summed E-state index contributed by atoms with van der Waals surface area (Å²) in [6.07, 6.45) is 3.27. The summed E-state index contributed by atoms with van der Waals surface area (Å²) < 4.78 is 11.1. The molecule has 21 heavy (non-hydrogen) atoms. The van der Waals surface area contributed by atoms with Gasteiger partial charge in [-0.25, -0.2) is 0 Å². The molecular formula is C17H25NO3. The first kappa shape index (κ1) is 15.8. The molecule has 0 saturated heterocycles. The molecule has 0 bridgehead atoms. The first-order valence-electron chi connectivity index (χ1n) is 7.73. The Hall–Kier alpha value is -1.55. The van der Waals surface area contributed by atoms with Gasteiger partial charge in [0.15, 0.2) is 0 Å². The Labute approximate surface area is 126 Å². The topological polar surface area (TPSA) is 47.6 Å². The van der Waals surface area contributed by atoms with Crippen LogP contribution in [-0.2, 0) is 16.0 Å². The van der Waals surface area contributed by atoms with Crippen LogP contribution in [0.25, 0.3) is 0 Å². The zero-order valence-electron chi connectivity index (χ0n) is 13.1. The number of nitrogens with one attached hydrogen (secondary N) is 1. The van der Waals surface area contributed by atoms with Gasteiger partial charge in [0.25, 0.3) is 0 Å². The van der Waals surface area contributed by atoms with E-state index in [9.17, 15) is 4.79 Å². The van der Waals surface area contributed by atoms with E-state index in [4.69, 9.17) is 9.47 Å². The van der Waals surface area contributed by atoms with Gasteiger partial charge in [-0.15, -0.1) is 0 Å². The lowest BCUT2D eigenvalue weighted by Crippen LogP contribution is -2.51. The number of ether oxygens (including phenoxy) is 2. The lowest BCUT2D eigenvalue weighted by molar-refractivity contribution is -0.148. The smallest absolute Gasteiger partial charge is 0.326 e. The summed E-state index contributed by atoms with van der Waals surface area (Å²) in [4.78, 5) is 12.1. The third-order valence-corrected chi connectivity index (χ3v) is 4.21. The molecule has 4 heteroatoms. The monoisotopic (exact) mass is 291 g/mol. The third kappa shape index (κ3) is 3.38. The van der Waals surface area contributed by atoms with Gasteiger partial charge in [0.2, 0.25) is 0 Å². The largest absolute Gasteiger partial charge is 0.490 e. The van der Waals surface area contributed by atoms with Crippen LogP contribution in [0.15, 0.2) is 24.3 Å². The van der Waals surface area contributed by atoms with E-state index in [1.165, 1.54) is 12.7 Å². The number of methoxy groups -OCH3 is 1. The third-order valence-electron chi connectivity index (χ3n) is 4.21. The molecule has 116 valence electrons. The highest BCUT2D eigenvalue weighted by Crippen LogP contribution is 2.34. The number of hydrogen-bond acceptors (Lipinski definition) is 4. The predicted molar refractivity (Wildman–Crippen MR) is 82.5 cm³/mol. The van der Waals surface area contributed by atoms with E-state index in [0.717, 1.165) is 31.6 Å². The number of likely N-dealkylation sites (N-methyl/N-ethyl adjacent to an activating group) is 1. The highest BCUT2D eigenvalue weighted by molar-refractivity contribution is 5.81. The van der Waals surface area contributed by atoms with Crippen LogP contribution in [0.1, 0.15) is 38.7 Å². The summed E-state index contributed by atoms with van der Waals surface area (Å²) in [6.45, 7) is 4.87. The molecule has 1 fully saturated rings. The molecule has 2 atom stereocenters. The number of para-hydroxylation sites is 1. The van der Waals surface area contributed by atoms with Gasteiger partial charge in [0.1, 0.15) is 17.4 Å². The molecule has 1 saturated carbocycles. The maximum atomic E-state index is 12.1. The van der Waals surface area contributed by atoms with Crippen LogP contribution in [0.4, 0.5) is 0 Å². The predicted octanol–water partition coefficient (Wildman–Crippen LogP) is 2.70. The van der Waals surface area contributed by atoms with Gasteiger partial charge < -0.3 is 14.8 Å². The van der Waals surface area contributed by atoms with E-state index in [1.807, 2.05) is 25.1 Å². The molecule has 2 rings (SSSR count). The number of hydrogen-bond donors (Lipinski definition) is 1. The fourth-order valence-corrected chi connectivity index (χ4v) is 3.14. The van der Waals surface area contributed by atoms with Gasteiger partial charge in [0.05, 0.1) is 7.11 Å². The summed E-state index contributed by atoms with van der Waals surface area (Å²) in [5.74, 6) is 0.751. The van der Waals surface area contributed by atoms with Crippen molar-refractivity contribution >= 4 is 5.97 Å². The summed E-state index contributed by atoms with van der Waals surface area (Å²) in [5.41, 5.74) is 0.617. The maximum Gasteiger partial charge on any atom is 0.326 e. The number of rotatable bonds is 6. The van der Waals surface area contributed by atoms with E-state index in [2.05, 4.69) is 18.3 Å². The van der Waals surface area contributed by atoms with Crippen molar-refractivity contribution in [3.05, 3.63) is 29.8 Å². The molecule has 0 spiro atoms. The molecule has 1 aliphatic rings. The van der Waals surface area contributed by atoms with E-state index in [0.29, 0.717) is 6.42 Å². The van der Waals surface area contributed by atoms with E-state index < -0.39 is 5.54 Å². The second-order valence-electron chi connectivity index (χ2n) is 5.55. The Morgan fingerprint density at radius 3 is 2.81 bits per heavy atom. The quantitative estimate of drug-likeness (QED) is 0.819. The lowest BCUT2D eigenvalue weighted by Gasteiger charge is -2.27. The molecule has 1 aromatic carbocycles. The summed E-state index contributed by atoms with van der Waals surface area (Å²) in [7, 11) is 1.45. The zero-order valence-corrected chi connectivity index (χ0v) is 13.1. The van der Waals surface area contributed by atoms with E-state index in [-0.39, 0.29) is 12.1 Å². The van der Waals surface area contributed by atoms with E-state index in [1.54, 1.807) is 0 Å². The molecule has 2 unspecified atom stereocenters. The highest BCUT2D eigenvalue weighted by Gasteiger charge is 2.46. The second kappa shape index (κ2) is 6.94. The van der Waals surface area contributed by atoms with Crippen molar-refractivity contribution in [1.29, 1.82) is 0 Å². The van der Waals surface area contributed by atoms with E-state index >= 15 is 0 Å². The van der Waals surface area contributed by atoms with Crippen LogP contribution in [-0.4, -0.2) is 31.3 Å². The zero-order chi connectivity index (χ0) is 15.3. The molecule has 1 aliphatic carbocycles. The van der Waals surface area contributed by atoms with Crippen LogP contribution < -0.4 is 10.1 Å². The SMILES string of the molecule is CCNC1(C(=O)OC)CCC(Oc2ccccc2CC)C1. The first-order valence-corrected chi connectivity index (χ1v) is 7.73. The average molecular weight is 291 g/mol. The molecule has 0 amide bonds. The number of carbonyl (C=O) groups excluding carboxylic acids is 1. The fraction of sp³-hybridized carbons (Fsp3) is 0.588. The summed E-state index contributed by atoms with van der Waals surface area (Å²) in [5, 5.41) is 3.30. The minimum absolute atomic E-state index is 0.0517. The minimum atomic E-state index is -0.588. The summed E-state index contributed by atoms with van der Waals surface area (Å²) in [6, 6.07) is 8.10. The van der Waals surface area contributed by atoms with Crippen molar-refractivity contribution in [2.24, 2.45) is 0 Å². The van der Waals surface area contributed by atoms with Crippen molar-refractivity contribution in [3.8, 4) is 5.75 Å². The van der Waals surface area contributed by atoms with Crippen molar-refractivity contribution in [3.63, 3.8) is 0 Å². The van der Waals surface area contributed by atoms with Gasteiger partial charge in [-0.2, -0.15) is 0 Å². The molecule has 1 aromatic rings. The van der Waals surface area contributed by atoms with Gasteiger partial charge >= 0.3 is 5.97 Å². The summed E-state index contributed by atoms with van der Waals surface area (Å²) >= 11 is 0. The van der Waals surface area contributed by atoms with Crippen LogP contribution >= 0.6 is 0 Å². The number of aryl methyl sites for hydroxylation is 1. The molecule has 0 heterocycles. The van der Waals surface area contributed by atoms with Gasteiger partial charge in [-0.3, -0.25) is 4.79 Å². The van der Waals surface area contributed by atoms with Gasteiger partial charge in [-0.05, 0) is 37.4 Å². The number of esters is 1. The Bertz CT molecular complexity index is 489. The molecule has 4 nitrogen and oxygen atoms in total. The molecular weight excluding hydrogens is 266 g/mol.